The zero-order valence-electron chi connectivity index (χ0n) is 14.9. The average Bonchev–Trinajstić information content (AvgIpc) is 3.15. The lowest BCUT2D eigenvalue weighted by atomic mass is 10.1. The Labute approximate surface area is 172 Å². The van der Waals surface area contributed by atoms with Gasteiger partial charge in [0, 0.05) is 31.7 Å². The number of nitrogens with one attached hydrogen (secondary N) is 1. The van der Waals surface area contributed by atoms with Crippen LogP contribution >= 0.6 is 23.2 Å². The lowest BCUT2D eigenvalue weighted by Gasteiger charge is -2.31. The second kappa shape index (κ2) is 7.25. The third-order valence-corrected chi connectivity index (χ3v) is 5.55. The lowest BCUT2D eigenvalue weighted by molar-refractivity contribution is 0.171. The highest BCUT2D eigenvalue weighted by molar-refractivity contribution is 6.35. The van der Waals surface area contributed by atoms with E-state index in [0.29, 0.717) is 21.6 Å². The molecule has 2 aliphatic heterocycles. The van der Waals surface area contributed by atoms with Gasteiger partial charge in [-0.25, -0.2) is 4.98 Å². The minimum Gasteiger partial charge on any atom is -0.314 e. The first-order valence-corrected chi connectivity index (χ1v) is 9.82. The fourth-order valence-corrected chi connectivity index (χ4v) is 4.04. The van der Waals surface area contributed by atoms with Gasteiger partial charge in [-0.15, -0.1) is 10.2 Å². The normalized spacial score (nSPS) is 19.5. The molecule has 1 atom stereocenters. The SMILES string of the molecule is Clc1ccc2c(n1)C(c1ccccc1Cl)=NC(N1CCNCC1)c1nncn1-2. The van der Waals surface area contributed by atoms with Gasteiger partial charge in [0.15, 0.2) is 12.0 Å². The molecule has 1 saturated heterocycles. The molecular weight excluding hydrogens is 397 g/mol. The van der Waals surface area contributed by atoms with Gasteiger partial charge in [-0.2, -0.15) is 0 Å². The van der Waals surface area contributed by atoms with Crippen LogP contribution in [-0.2, 0) is 0 Å². The van der Waals surface area contributed by atoms with E-state index in [9.17, 15) is 0 Å². The van der Waals surface area contributed by atoms with E-state index in [1.807, 2.05) is 34.9 Å². The molecule has 0 aliphatic carbocycles. The second-order valence-corrected chi connectivity index (χ2v) is 7.47. The van der Waals surface area contributed by atoms with Crippen LogP contribution in [0.3, 0.4) is 0 Å². The van der Waals surface area contributed by atoms with Gasteiger partial charge in [-0.05, 0) is 18.2 Å². The van der Waals surface area contributed by atoms with Crippen LogP contribution in [0, 0.1) is 0 Å². The van der Waals surface area contributed by atoms with Gasteiger partial charge in [0.2, 0.25) is 0 Å². The predicted molar refractivity (Wildman–Crippen MR) is 108 cm³/mol. The molecule has 0 spiro atoms. The van der Waals surface area contributed by atoms with Crippen LogP contribution in [0.15, 0.2) is 47.7 Å². The second-order valence-electron chi connectivity index (χ2n) is 6.68. The van der Waals surface area contributed by atoms with Crippen molar-refractivity contribution in [2.24, 2.45) is 4.99 Å². The maximum atomic E-state index is 6.54. The van der Waals surface area contributed by atoms with Crippen molar-refractivity contribution in [1.29, 1.82) is 0 Å². The predicted octanol–water partition coefficient (Wildman–Crippen LogP) is 2.72. The molecule has 1 N–H and O–H groups in total. The average molecular weight is 414 g/mol. The van der Waals surface area contributed by atoms with E-state index in [2.05, 4.69) is 25.4 Å². The first-order valence-electron chi connectivity index (χ1n) is 9.07. The van der Waals surface area contributed by atoms with Crippen molar-refractivity contribution in [2.75, 3.05) is 26.2 Å². The fraction of sp³-hybridized carbons (Fsp3) is 0.263. The molecule has 0 radical (unpaired) electrons. The molecule has 28 heavy (non-hydrogen) atoms. The molecule has 142 valence electrons. The molecule has 1 fully saturated rings. The van der Waals surface area contributed by atoms with E-state index in [4.69, 9.17) is 28.2 Å². The third kappa shape index (κ3) is 3.00. The van der Waals surface area contributed by atoms with Crippen LogP contribution in [0.25, 0.3) is 5.69 Å². The molecule has 7 nitrogen and oxygen atoms in total. The molecule has 1 unspecified atom stereocenters. The van der Waals surface area contributed by atoms with Gasteiger partial charge in [0.05, 0.1) is 16.4 Å². The van der Waals surface area contributed by atoms with Crippen LogP contribution in [0.2, 0.25) is 10.2 Å². The van der Waals surface area contributed by atoms with Gasteiger partial charge in [0.25, 0.3) is 0 Å². The molecular formula is C19H17Cl2N7. The van der Waals surface area contributed by atoms with Crippen LogP contribution < -0.4 is 5.32 Å². The fourth-order valence-electron chi connectivity index (χ4n) is 3.67. The summed E-state index contributed by atoms with van der Waals surface area (Å²) in [6, 6.07) is 11.3. The van der Waals surface area contributed by atoms with Crippen molar-refractivity contribution >= 4 is 28.9 Å². The molecule has 0 amide bonds. The van der Waals surface area contributed by atoms with Crippen molar-refractivity contribution < 1.29 is 0 Å². The lowest BCUT2D eigenvalue weighted by Crippen LogP contribution is -2.45. The van der Waals surface area contributed by atoms with E-state index in [0.717, 1.165) is 43.3 Å². The molecule has 2 aromatic heterocycles. The Kier molecular flexibility index (Phi) is 4.60. The summed E-state index contributed by atoms with van der Waals surface area (Å²) in [5.74, 6) is 0.759. The summed E-state index contributed by atoms with van der Waals surface area (Å²) in [6.07, 6.45) is 1.41. The molecule has 4 heterocycles. The van der Waals surface area contributed by atoms with Crippen molar-refractivity contribution in [3.63, 3.8) is 0 Å². The number of nitrogens with zero attached hydrogens (tertiary/aromatic N) is 6. The van der Waals surface area contributed by atoms with E-state index < -0.39 is 0 Å². The van der Waals surface area contributed by atoms with E-state index in [1.54, 1.807) is 12.4 Å². The quantitative estimate of drug-likeness (QED) is 0.653. The molecule has 3 aromatic rings. The van der Waals surface area contributed by atoms with Crippen LogP contribution in [0.5, 0.6) is 0 Å². The molecule has 1 aromatic carbocycles. The molecule has 5 rings (SSSR count). The number of hydrogen-bond acceptors (Lipinski definition) is 6. The first kappa shape index (κ1) is 17.8. The van der Waals surface area contributed by atoms with Crippen molar-refractivity contribution in [1.82, 2.24) is 30.0 Å². The number of piperazine rings is 1. The number of benzene rings is 1. The highest BCUT2D eigenvalue weighted by Crippen LogP contribution is 2.33. The number of fused-ring (bicyclic) bond motifs is 3. The summed E-state index contributed by atoms with van der Waals surface area (Å²) in [7, 11) is 0. The van der Waals surface area contributed by atoms with Crippen LogP contribution in [0.1, 0.15) is 23.2 Å². The molecule has 2 aliphatic rings. The third-order valence-electron chi connectivity index (χ3n) is 5.01. The first-order chi connectivity index (χ1) is 13.7. The summed E-state index contributed by atoms with van der Waals surface area (Å²) in [4.78, 5) is 12.0. The summed E-state index contributed by atoms with van der Waals surface area (Å²) in [5, 5.41) is 12.9. The molecule has 9 heteroatoms. The minimum atomic E-state index is -0.288. The smallest absolute Gasteiger partial charge is 0.177 e. The van der Waals surface area contributed by atoms with Gasteiger partial charge in [0.1, 0.15) is 17.2 Å². The van der Waals surface area contributed by atoms with Crippen molar-refractivity contribution in [3.8, 4) is 5.69 Å². The Morgan fingerprint density at radius 3 is 2.68 bits per heavy atom. The standard InChI is InChI=1S/C19H17Cl2N7/c20-13-4-2-1-3-12(13)16-17-14(5-6-15(21)24-17)28-11-23-26-19(28)18(25-16)27-9-7-22-8-10-27/h1-6,11,18,22H,7-10H2. The van der Waals surface area contributed by atoms with E-state index in [-0.39, 0.29) is 6.17 Å². The van der Waals surface area contributed by atoms with Gasteiger partial charge >= 0.3 is 0 Å². The molecule has 0 saturated carbocycles. The Morgan fingerprint density at radius 2 is 1.86 bits per heavy atom. The minimum absolute atomic E-state index is 0.288. The van der Waals surface area contributed by atoms with Crippen molar-refractivity contribution in [3.05, 3.63) is 70.0 Å². The largest absolute Gasteiger partial charge is 0.314 e. The monoisotopic (exact) mass is 413 g/mol. The number of rotatable bonds is 2. The van der Waals surface area contributed by atoms with Gasteiger partial charge < -0.3 is 5.32 Å². The Balaban J connectivity index is 1.77. The van der Waals surface area contributed by atoms with E-state index in [1.165, 1.54) is 0 Å². The Hall–Kier alpha value is -2.32. The highest BCUT2D eigenvalue weighted by atomic mass is 35.5. The number of aromatic nitrogens is 4. The summed E-state index contributed by atoms with van der Waals surface area (Å²) in [5.41, 5.74) is 3.02. The van der Waals surface area contributed by atoms with Crippen molar-refractivity contribution in [2.45, 2.75) is 6.17 Å². The van der Waals surface area contributed by atoms with Gasteiger partial charge in [-0.3, -0.25) is 14.5 Å². The Bertz CT molecular complexity index is 1060. The molecule has 0 bridgehead atoms. The summed E-state index contributed by atoms with van der Waals surface area (Å²) < 4.78 is 1.94. The van der Waals surface area contributed by atoms with E-state index >= 15 is 0 Å². The maximum absolute atomic E-state index is 6.54. The summed E-state index contributed by atoms with van der Waals surface area (Å²) in [6.45, 7) is 3.53. The van der Waals surface area contributed by atoms with Gasteiger partial charge in [-0.1, -0.05) is 41.4 Å². The number of hydrogen-bond donors (Lipinski definition) is 1. The maximum Gasteiger partial charge on any atom is 0.177 e. The number of halogens is 2. The summed E-state index contributed by atoms with van der Waals surface area (Å²) >= 11 is 12.8. The zero-order chi connectivity index (χ0) is 19.1. The number of pyridine rings is 1. The topological polar surface area (TPSA) is 71.2 Å². The number of aliphatic imine (C=N–C) groups is 1. The Morgan fingerprint density at radius 1 is 1.04 bits per heavy atom. The zero-order valence-corrected chi connectivity index (χ0v) is 16.4. The van der Waals surface area contributed by atoms with Crippen LogP contribution in [0.4, 0.5) is 0 Å². The van der Waals surface area contributed by atoms with Crippen LogP contribution in [-0.4, -0.2) is 56.5 Å². The highest BCUT2D eigenvalue weighted by Gasteiger charge is 2.32.